The molecule has 7 aromatic rings. The Morgan fingerprint density at radius 2 is 0.891 bits per heavy atom. The molecule has 0 saturated heterocycles. The smallest absolute Gasteiger partial charge is 0.252 e. The maximum absolute atomic E-state index is 2.69. The van der Waals surface area contributed by atoms with E-state index in [1.165, 1.54) is 110 Å². The van der Waals surface area contributed by atoms with Crippen LogP contribution in [-0.2, 0) is 21.7 Å². The maximum atomic E-state index is 2.69. The van der Waals surface area contributed by atoms with Crippen molar-refractivity contribution >= 4 is 74.3 Å². The summed E-state index contributed by atoms with van der Waals surface area (Å²) in [7, 11) is 0. The fourth-order valence-corrected chi connectivity index (χ4v) is 11.9. The molecule has 4 aliphatic rings. The zero-order valence-corrected chi connectivity index (χ0v) is 39.6. The van der Waals surface area contributed by atoms with Gasteiger partial charge in [0.15, 0.2) is 0 Å². The van der Waals surface area contributed by atoms with E-state index in [1.54, 1.807) is 0 Å². The average Bonchev–Trinajstić information content (AvgIpc) is 3.27. The van der Waals surface area contributed by atoms with E-state index in [-0.39, 0.29) is 28.4 Å². The number of nitrogens with zero attached hydrogens (tertiary/aromatic N) is 3. The molecule has 0 spiro atoms. The lowest BCUT2D eigenvalue weighted by Crippen LogP contribution is -2.62. The van der Waals surface area contributed by atoms with Crippen LogP contribution in [0, 0.1) is 13.8 Å². The van der Waals surface area contributed by atoms with Crippen molar-refractivity contribution in [3.8, 4) is 0 Å². The van der Waals surface area contributed by atoms with Crippen LogP contribution in [0.1, 0.15) is 114 Å². The SMILES string of the molecule is Cc1cccc(N2c3cc(C)ccc3B3c4cc5c(cc4N(c4ccc6c(c4)C(C)(C)CCC6(C)C)c4cc(N(c6ccccc6)c6ccccc6)cc2c43)C(C)(C)CCC5(C)C)c1. The molecule has 0 fully saturated rings. The molecule has 320 valence electrons. The summed E-state index contributed by atoms with van der Waals surface area (Å²) in [4.78, 5) is 7.72. The molecule has 0 amide bonds. The Kier molecular flexibility index (Phi) is 9.08. The molecule has 3 nitrogen and oxygen atoms in total. The average molecular weight is 836 g/mol. The Hall–Kier alpha value is -6.00. The monoisotopic (exact) mass is 836 g/mol. The number of hydrogen-bond acceptors (Lipinski definition) is 3. The summed E-state index contributed by atoms with van der Waals surface area (Å²) in [5, 5.41) is 0. The van der Waals surface area contributed by atoms with Crippen LogP contribution in [0.2, 0.25) is 0 Å². The van der Waals surface area contributed by atoms with Crippen LogP contribution < -0.4 is 31.1 Å². The van der Waals surface area contributed by atoms with Gasteiger partial charge >= 0.3 is 0 Å². The molecule has 64 heavy (non-hydrogen) atoms. The molecule has 0 N–H and O–H groups in total. The van der Waals surface area contributed by atoms with Crippen LogP contribution >= 0.6 is 0 Å². The summed E-state index contributed by atoms with van der Waals surface area (Å²) in [6.07, 6.45) is 4.70. The molecule has 0 unspecified atom stereocenters. The first-order chi connectivity index (χ1) is 30.5. The van der Waals surface area contributed by atoms with Crippen molar-refractivity contribution in [1.29, 1.82) is 0 Å². The topological polar surface area (TPSA) is 9.72 Å². The number of fused-ring (bicyclic) bond motifs is 6. The highest BCUT2D eigenvalue weighted by molar-refractivity contribution is 7.00. The van der Waals surface area contributed by atoms with Gasteiger partial charge in [0.05, 0.1) is 5.69 Å². The van der Waals surface area contributed by atoms with Gasteiger partial charge in [-0.3, -0.25) is 0 Å². The lowest BCUT2D eigenvalue weighted by atomic mass is 9.33. The molecule has 11 rings (SSSR count). The van der Waals surface area contributed by atoms with Gasteiger partial charge in [0.25, 0.3) is 6.71 Å². The third-order valence-electron chi connectivity index (χ3n) is 15.8. The largest absolute Gasteiger partial charge is 0.311 e. The molecule has 2 aliphatic heterocycles. The van der Waals surface area contributed by atoms with Gasteiger partial charge in [-0.25, -0.2) is 0 Å². The third-order valence-corrected chi connectivity index (χ3v) is 15.8. The van der Waals surface area contributed by atoms with Crippen molar-refractivity contribution in [1.82, 2.24) is 0 Å². The van der Waals surface area contributed by atoms with Crippen molar-refractivity contribution in [2.75, 3.05) is 14.7 Å². The van der Waals surface area contributed by atoms with Crippen molar-refractivity contribution in [3.05, 3.63) is 179 Å². The molecule has 7 aromatic carbocycles. The van der Waals surface area contributed by atoms with Gasteiger partial charge in [0.2, 0.25) is 0 Å². The third kappa shape index (κ3) is 6.30. The van der Waals surface area contributed by atoms with E-state index in [2.05, 4.69) is 230 Å². The summed E-state index contributed by atoms with van der Waals surface area (Å²) in [5.41, 5.74) is 23.7. The molecule has 0 atom stereocenters. The molecular weight excluding hydrogens is 773 g/mol. The van der Waals surface area contributed by atoms with Gasteiger partial charge in [-0.2, -0.15) is 0 Å². The van der Waals surface area contributed by atoms with Gasteiger partial charge in [-0.1, -0.05) is 128 Å². The molecule has 2 heterocycles. The Morgan fingerprint density at radius 1 is 0.391 bits per heavy atom. The van der Waals surface area contributed by atoms with E-state index >= 15 is 0 Å². The summed E-state index contributed by atoms with van der Waals surface area (Å²) < 4.78 is 0. The van der Waals surface area contributed by atoms with Crippen LogP contribution in [0.25, 0.3) is 0 Å². The Morgan fingerprint density at radius 3 is 1.47 bits per heavy atom. The van der Waals surface area contributed by atoms with Crippen LogP contribution in [0.4, 0.5) is 51.2 Å². The van der Waals surface area contributed by atoms with Gasteiger partial charge in [0.1, 0.15) is 0 Å². The Bertz CT molecular complexity index is 2960. The summed E-state index contributed by atoms with van der Waals surface area (Å²) in [6.45, 7) is 24.2. The minimum absolute atomic E-state index is 0.0306. The van der Waals surface area contributed by atoms with Crippen molar-refractivity contribution in [2.24, 2.45) is 0 Å². The second kappa shape index (κ2) is 14.3. The second-order valence-corrected chi connectivity index (χ2v) is 22.1. The van der Waals surface area contributed by atoms with Crippen molar-refractivity contribution < 1.29 is 0 Å². The molecule has 4 heteroatoms. The zero-order chi connectivity index (χ0) is 44.5. The van der Waals surface area contributed by atoms with Crippen LogP contribution in [-0.4, -0.2) is 6.71 Å². The number of anilines is 9. The number of benzene rings is 7. The van der Waals surface area contributed by atoms with E-state index in [0.29, 0.717) is 0 Å². The van der Waals surface area contributed by atoms with E-state index < -0.39 is 0 Å². The van der Waals surface area contributed by atoms with Crippen molar-refractivity contribution in [3.63, 3.8) is 0 Å². The lowest BCUT2D eigenvalue weighted by Gasteiger charge is -2.48. The maximum Gasteiger partial charge on any atom is 0.252 e. The van der Waals surface area contributed by atoms with Crippen LogP contribution in [0.15, 0.2) is 146 Å². The number of hydrogen-bond donors (Lipinski definition) is 0. The molecule has 0 saturated carbocycles. The molecule has 0 bridgehead atoms. The molecule has 0 aromatic heterocycles. The number of rotatable bonds is 5. The van der Waals surface area contributed by atoms with Gasteiger partial charge in [0, 0.05) is 45.5 Å². The summed E-state index contributed by atoms with van der Waals surface area (Å²) in [5.74, 6) is 0. The van der Waals surface area contributed by atoms with Gasteiger partial charge in [-0.15, -0.1) is 0 Å². The minimum atomic E-state index is 0.0306. The molecule has 0 radical (unpaired) electrons. The highest BCUT2D eigenvalue weighted by atomic mass is 15.2. The van der Waals surface area contributed by atoms with E-state index in [9.17, 15) is 0 Å². The Balaban J connectivity index is 1.30. The standard InChI is InChI=1S/C60H62BN3/c1-39-18-17-23-43(32-39)63-52-33-40(2)24-27-50(52)61-51-37-48-49(60(9,10)31-30-59(48,7)8)38-53(51)64(44-25-26-46-47(34-44)58(5,6)29-28-57(46,3)4)55-36-45(35-54(63)56(55)61)62(41-19-13-11-14-20-41)42-21-15-12-16-22-42/h11-27,32-38H,28-31H2,1-10H3. The second-order valence-electron chi connectivity index (χ2n) is 22.1. The van der Waals surface area contributed by atoms with Crippen LogP contribution in [0.5, 0.6) is 0 Å². The van der Waals surface area contributed by atoms with E-state index in [1.807, 2.05) is 0 Å². The number of para-hydroxylation sites is 2. The summed E-state index contributed by atoms with van der Waals surface area (Å²) >= 11 is 0. The van der Waals surface area contributed by atoms with Gasteiger partial charge < -0.3 is 14.7 Å². The fraction of sp³-hybridized carbons (Fsp3) is 0.300. The molecular formula is C60H62BN3. The zero-order valence-electron chi connectivity index (χ0n) is 39.6. The first-order valence-electron chi connectivity index (χ1n) is 23.7. The first-order valence-corrected chi connectivity index (χ1v) is 23.7. The van der Waals surface area contributed by atoms with Crippen LogP contribution in [0.3, 0.4) is 0 Å². The van der Waals surface area contributed by atoms with Gasteiger partial charge in [-0.05, 0) is 184 Å². The highest BCUT2D eigenvalue weighted by Crippen LogP contribution is 2.53. The molecule has 2 aliphatic carbocycles. The van der Waals surface area contributed by atoms with Crippen molar-refractivity contribution in [2.45, 2.75) is 117 Å². The normalized spacial score (nSPS) is 18.0. The first kappa shape index (κ1) is 40.8. The quantitative estimate of drug-likeness (QED) is 0.160. The Labute approximate surface area is 382 Å². The summed E-state index contributed by atoms with van der Waals surface area (Å²) in [6, 6.07) is 56.0. The fourth-order valence-electron chi connectivity index (χ4n) is 11.9. The van der Waals surface area contributed by atoms with E-state index in [0.717, 1.165) is 17.1 Å². The highest BCUT2D eigenvalue weighted by Gasteiger charge is 2.47. The number of aryl methyl sites for hydroxylation is 2. The lowest BCUT2D eigenvalue weighted by molar-refractivity contribution is 0.332. The minimum Gasteiger partial charge on any atom is -0.311 e. The predicted octanol–water partition coefficient (Wildman–Crippen LogP) is 14.6. The predicted molar refractivity (Wildman–Crippen MR) is 275 cm³/mol. The van der Waals surface area contributed by atoms with E-state index in [4.69, 9.17) is 0 Å².